The normalized spacial score (nSPS) is 25.7. The Morgan fingerprint density at radius 2 is 2.30 bits per heavy atom. The van der Waals surface area contributed by atoms with E-state index in [-0.39, 0.29) is 0 Å². The summed E-state index contributed by atoms with van der Waals surface area (Å²) < 4.78 is 10.4. The van der Waals surface area contributed by atoms with Gasteiger partial charge in [-0.15, -0.1) is 0 Å². The summed E-state index contributed by atoms with van der Waals surface area (Å²) in [5.74, 6) is 1.63. The number of methoxy groups -OCH3 is 1. The third-order valence-electron chi connectivity index (χ3n) is 5.03. The smallest absolute Gasteiger partial charge is 0.222 e. The van der Waals surface area contributed by atoms with Crippen molar-refractivity contribution in [2.24, 2.45) is 5.92 Å². The molecule has 2 aliphatic rings. The van der Waals surface area contributed by atoms with E-state index in [1.54, 1.807) is 13.4 Å². The number of amides is 1. The zero-order chi connectivity index (χ0) is 16.2. The lowest BCUT2D eigenvalue weighted by Gasteiger charge is -2.47. The Kier molecular flexibility index (Phi) is 5.33. The molecular weight excluding hydrogens is 294 g/mol. The molecule has 0 spiro atoms. The summed E-state index contributed by atoms with van der Waals surface area (Å²) >= 11 is 0. The number of ether oxygens (including phenoxy) is 1. The number of carbonyl (C=O) groups excluding carboxylic acids is 1. The van der Waals surface area contributed by atoms with Gasteiger partial charge >= 0.3 is 0 Å². The van der Waals surface area contributed by atoms with Crippen molar-refractivity contribution in [3.63, 3.8) is 0 Å². The lowest BCUT2D eigenvalue weighted by atomic mass is 9.83. The second-order valence-corrected chi connectivity index (χ2v) is 6.68. The molecule has 128 valence electrons. The number of aryl methyl sites for hydroxylation is 1. The minimum atomic E-state index is 0.322. The van der Waals surface area contributed by atoms with Crippen LogP contribution < -0.4 is 0 Å². The number of oxazole rings is 1. The molecule has 0 saturated carbocycles. The van der Waals surface area contributed by atoms with Gasteiger partial charge in [-0.3, -0.25) is 9.69 Å². The SMILES string of the molecule is COCCCN1C(=O)CC[C@H]2CN(Cc3coc(C)n3)CC[C@H]21. The first-order chi connectivity index (χ1) is 11.2. The first kappa shape index (κ1) is 16.5. The Labute approximate surface area is 137 Å². The summed E-state index contributed by atoms with van der Waals surface area (Å²) in [6.45, 7) is 6.33. The first-order valence-corrected chi connectivity index (χ1v) is 8.59. The molecule has 0 aromatic carbocycles. The van der Waals surface area contributed by atoms with Crippen molar-refractivity contribution in [3.05, 3.63) is 17.8 Å². The van der Waals surface area contributed by atoms with Gasteiger partial charge in [0.2, 0.25) is 5.91 Å². The van der Waals surface area contributed by atoms with E-state index in [1.807, 2.05) is 6.92 Å². The Hall–Kier alpha value is -1.40. The molecule has 1 aromatic heterocycles. The molecule has 3 heterocycles. The van der Waals surface area contributed by atoms with Gasteiger partial charge in [-0.05, 0) is 25.2 Å². The lowest BCUT2D eigenvalue weighted by Crippen LogP contribution is -2.56. The van der Waals surface area contributed by atoms with Crippen LogP contribution in [0.15, 0.2) is 10.7 Å². The van der Waals surface area contributed by atoms with Crippen molar-refractivity contribution in [2.45, 2.75) is 45.2 Å². The zero-order valence-corrected chi connectivity index (χ0v) is 14.2. The molecule has 0 aliphatic carbocycles. The van der Waals surface area contributed by atoms with E-state index in [4.69, 9.17) is 9.15 Å². The number of rotatable bonds is 6. The van der Waals surface area contributed by atoms with Crippen molar-refractivity contribution in [3.8, 4) is 0 Å². The highest BCUT2D eigenvalue weighted by molar-refractivity contribution is 5.77. The summed E-state index contributed by atoms with van der Waals surface area (Å²) in [6.07, 6.45) is 5.43. The van der Waals surface area contributed by atoms with E-state index in [0.29, 0.717) is 24.3 Å². The second kappa shape index (κ2) is 7.45. The summed E-state index contributed by atoms with van der Waals surface area (Å²) in [5.41, 5.74) is 1.00. The number of piperidine rings is 2. The molecule has 0 unspecified atom stereocenters. The van der Waals surface area contributed by atoms with Crippen molar-refractivity contribution in [1.29, 1.82) is 0 Å². The summed E-state index contributed by atoms with van der Waals surface area (Å²) in [4.78, 5) is 21.2. The van der Waals surface area contributed by atoms with E-state index in [0.717, 1.165) is 63.6 Å². The molecule has 0 bridgehead atoms. The van der Waals surface area contributed by atoms with Crippen LogP contribution in [0.1, 0.15) is 37.3 Å². The minimum Gasteiger partial charge on any atom is -0.449 e. The molecule has 3 rings (SSSR count). The average Bonchev–Trinajstić information content (AvgIpc) is 2.95. The number of fused-ring (bicyclic) bond motifs is 1. The highest BCUT2D eigenvalue weighted by Gasteiger charge is 2.38. The molecule has 1 aromatic rings. The molecule has 6 heteroatoms. The third-order valence-corrected chi connectivity index (χ3v) is 5.03. The molecule has 2 aliphatic heterocycles. The van der Waals surface area contributed by atoms with Gasteiger partial charge in [-0.1, -0.05) is 0 Å². The second-order valence-electron chi connectivity index (χ2n) is 6.68. The standard InChI is InChI=1S/C17H27N3O3/c1-13-18-15(12-23-13)11-19-8-6-16-14(10-19)4-5-17(21)20(16)7-3-9-22-2/h12,14,16H,3-11H2,1-2H3/t14-,16+/m0/s1. The molecule has 1 amide bonds. The fourth-order valence-electron chi connectivity index (χ4n) is 3.95. The van der Waals surface area contributed by atoms with Crippen LogP contribution in [0.4, 0.5) is 0 Å². The summed E-state index contributed by atoms with van der Waals surface area (Å²) in [6, 6.07) is 0.406. The van der Waals surface area contributed by atoms with Gasteiger partial charge in [-0.2, -0.15) is 0 Å². The molecule has 2 saturated heterocycles. The van der Waals surface area contributed by atoms with Crippen LogP contribution >= 0.6 is 0 Å². The number of likely N-dealkylation sites (tertiary alicyclic amines) is 2. The van der Waals surface area contributed by atoms with Crippen LogP contribution in [-0.4, -0.2) is 60.1 Å². The fourth-order valence-corrected chi connectivity index (χ4v) is 3.95. The summed E-state index contributed by atoms with van der Waals surface area (Å²) in [7, 11) is 1.71. The first-order valence-electron chi connectivity index (χ1n) is 8.59. The quantitative estimate of drug-likeness (QED) is 0.748. The van der Waals surface area contributed by atoms with Crippen LogP contribution in [0.5, 0.6) is 0 Å². The monoisotopic (exact) mass is 321 g/mol. The van der Waals surface area contributed by atoms with Crippen molar-refractivity contribution < 1.29 is 13.9 Å². The van der Waals surface area contributed by atoms with Gasteiger partial charge in [0.05, 0.1) is 5.69 Å². The predicted octanol–water partition coefficient (Wildman–Crippen LogP) is 1.83. The van der Waals surface area contributed by atoms with Crippen LogP contribution in [0, 0.1) is 12.8 Å². The number of hydrogen-bond donors (Lipinski definition) is 0. The molecule has 2 fully saturated rings. The van der Waals surface area contributed by atoms with Gasteiger partial charge in [-0.25, -0.2) is 4.98 Å². The van der Waals surface area contributed by atoms with E-state index in [1.165, 1.54) is 0 Å². The Morgan fingerprint density at radius 1 is 1.43 bits per heavy atom. The van der Waals surface area contributed by atoms with E-state index < -0.39 is 0 Å². The maximum absolute atomic E-state index is 12.3. The molecule has 6 nitrogen and oxygen atoms in total. The van der Waals surface area contributed by atoms with E-state index in [2.05, 4.69) is 14.8 Å². The number of aromatic nitrogens is 1. The highest BCUT2D eigenvalue weighted by Crippen LogP contribution is 2.31. The predicted molar refractivity (Wildman–Crippen MR) is 85.9 cm³/mol. The largest absolute Gasteiger partial charge is 0.449 e. The molecule has 0 N–H and O–H groups in total. The van der Waals surface area contributed by atoms with Crippen LogP contribution in [-0.2, 0) is 16.1 Å². The fraction of sp³-hybridized carbons (Fsp3) is 0.765. The minimum absolute atomic E-state index is 0.322. The van der Waals surface area contributed by atoms with E-state index >= 15 is 0 Å². The number of carbonyl (C=O) groups is 1. The molecule has 0 radical (unpaired) electrons. The Bertz CT molecular complexity index is 531. The van der Waals surface area contributed by atoms with Gasteiger partial charge in [0.25, 0.3) is 0 Å². The molecular formula is C17H27N3O3. The molecule has 23 heavy (non-hydrogen) atoms. The topological polar surface area (TPSA) is 58.8 Å². The Morgan fingerprint density at radius 3 is 3.04 bits per heavy atom. The van der Waals surface area contributed by atoms with Crippen LogP contribution in [0.3, 0.4) is 0 Å². The number of hydrogen-bond acceptors (Lipinski definition) is 5. The maximum Gasteiger partial charge on any atom is 0.222 e. The van der Waals surface area contributed by atoms with Crippen molar-refractivity contribution in [1.82, 2.24) is 14.8 Å². The van der Waals surface area contributed by atoms with Gasteiger partial charge < -0.3 is 14.1 Å². The number of nitrogens with zero attached hydrogens (tertiary/aromatic N) is 3. The van der Waals surface area contributed by atoms with Gasteiger partial charge in [0.15, 0.2) is 5.89 Å². The average molecular weight is 321 g/mol. The third kappa shape index (κ3) is 3.93. The zero-order valence-electron chi connectivity index (χ0n) is 14.2. The highest BCUT2D eigenvalue weighted by atomic mass is 16.5. The summed E-state index contributed by atoms with van der Waals surface area (Å²) in [5, 5.41) is 0. The van der Waals surface area contributed by atoms with Crippen LogP contribution in [0.25, 0.3) is 0 Å². The van der Waals surface area contributed by atoms with E-state index in [9.17, 15) is 4.79 Å². The van der Waals surface area contributed by atoms with Gasteiger partial charge in [0.1, 0.15) is 6.26 Å². The van der Waals surface area contributed by atoms with Crippen molar-refractivity contribution in [2.75, 3.05) is 33.4 Å². The van der Waals surface area contributed by atoms with Crippen LogP contribution in [0.2, 0.25) is 0 Å². The van der Waals surface area contributed by atoms with Crippen molar-refractivity contribution >= 4 is 5.91 Å². The van der Waals surface area contributed by atoms with Gasteiger partial charge in [0, 0.05) is 59.3 Å². The maximum atomic E-state index is 12.3. The lowest BCUT2D eigenvalue weighted by molar-refractivity contribution is -0.141. The Balaban J connectivity index is 1.57. The molecule has 2 atom stereocenters.